The summed E-state index contributed by atoms with van der Waals surface area (Å²) in [6.45, 7) is 10.8. The average molecular weight is 752 g/mol. The first-order chi connectivity index (χ1) is 23.5. The van der Waals surface area contributed by atoms with E-state index in [0.29, 0.717) is 103 Å². The highest BCUT2D eigenvalue weighted by Gasteiger charge is 2.38. The summed E-state index contributed by atoms with van der Waals surface area (Å²) in [5.74, 6) is 2.87. The Morgan fingerprint density at radius 3 is 1.94 bits per heavy atom. The highest BCUT2D eigenvalue weighted by molar-refractivity contribution is 8.76. The molecule has 0 bridgehead atoms. The van der Waals surface area contributed by atoms with Crippen LogP contribution in [0.5, 0.6) is 0 Å². The normalized spacial score (nSPS) is 13.9. The Morgan fingerprint density at radius 1 is 0.776 bits per heavy atom. The molecule has 282 valence electrons. The number of nitrogens with zero attached hydrogens (tertiary/aromatic N) is 4. The molecule has 1 aromatic heterocycles. The third-order valence-electron chi connectivity index (χ3n) is 6.08. The van der Waals surface area contributed by atoms with Crippen molar-refractivity contribution in [3.63, 3.8) is 0 Å². The monoisotopic (exact) mass is 751 g/mol. The first-order valence-corrected chi connectivity index (χ1v) is 20.0. The van der Waals surface area contributed by atoms with Crippen LogP contribution in [0, 0.1) is 0 Å². The van der Waals surface area contributed by atoms with Crippen LogP contribution in [0.25, 0.3) is 0 Å². The minimum Gasteiger partial charge on any atom is -0.379 e. The van der Waals surface area contributed by atoms with E-state index in [-0.39, 0.29) is 40.8 Å². The number of likely N-dealkylation sites (tertiary alicyclic amines) is 1. The summed E-state index contributed by atoms with van der Waals surface area (Å²) < 4.78 is 17.3. The van der Waals surface area contributed by atoms with E-state index in [1.165, 1.54) is 30.5 Å². The molecule has 6 N–H and O–H groups in total. The number of carbonyl (C=O) groups excluding carboxylic acids is 5. The molecule has 1 unspecified atom stereocenters. The molecule has 2 heterocycles. The zero-order valence-electron chi connectivity index (χ0n) is 29.3. The van der Waals surface area contributed by atoms with E-state index < -0.39 is 0 Å². The predicted molar refractivity (Wildman–Crippen MR) is 196 cm³/mol. The van der Waals surface area contributed by atoms with Crippen LogP contribution in [0.4, 0.5) is 0 Å². The number of thioether (sulfide) groups is 1. The van der Waals surface area contributed by atoms with Crippen molar-refractivity contribution in [2.24, 2.45) is 17.2 Å². The highest BCUT2D eigenvalue weighted by atomic mass is 33.1. The van der Waals surface area contributed by atoms with Crippen LogP contribution >= 0.6 is 33.3 Å². The van der Waals surface area contributed by atoms with Gasteiger partial charge in [-0.25, -0.2) is 4.68 Å². The molecule has 2 rings (SSSR count). The summed E-state index contributed by atoms with van der Waals surface area (Å²) >= 11 is 1.45. The average Bonchev–Trinajstić information content (AvgIpc) is 3.60. The minimum atomic E-state index is -0.304. The maximum atomic E-state index is 12.1. The number of rotatable bonds is 27. The van der Waals surface area contributed by atoms with Crippen molar-refractivity contribution in [3.8, 4) is 0 Å². The summed E-state index contributed by atoms with van der Waals surface area (Å²) in [6, 6.07) is 0. The van der Waals surface area contributed by atoms with Gasteiger partial charge in [0.1, 0.15) is 17.3 Å². The topological polar surface area (TPSA) is 225 Å². The maximum absolute atomic E-state index is 12.1. The number of imide groups is 1. The lowest BCUT2D eigenvalue weighted by molar-refractivity contribution is -0.138. The van der Waals surface area contributed by atoms with Crippen molar-refractivity contribution in [2.45, 2.75) is 71.1 Å². The molecule has 1 aromatic rings. The third kappa shape index (κ3) is 27.5. The van der Waals surface area contributed by atoms with Gasteiger partial charge in [-0.3, -0.25) is 19.3 Å². The van der Waals surface area contributed by atoms with Gasteiger partial charge in [-0.1, -0.05) is 26.8 Å². The van der Waals surface area contributed by atoms with Gasteiger partial charge in [0.05, 0.1) is 63.6 Å². The van der Waals surface area contributed by atoms with Crippen molar-refractivity contribution < 1.29 is 38.2 Å². The van der Waals surface area contributed by atoms with Gasteiger partial charge < -0.3 is 41.0 Å². The first-order valence-electron chi connectivity index (χ1n) is 16.5. The molecule has 1 fully saturated rings. The van der Waals surface area contributed by atoms with E-state index in [4.69, 9.17) is 31.4 Å². The van der Waals surface area contributed by atoms with Crippen LogP contribution in [0.1, 0.15) is 58.6 Å². The van der Waals surface area contributed by atoms with E-state index >= 15 is 0 Å². The van der Waals surface area contributed by atoms with Crippen molar-refractivity contribution in [1.82, 2.24) is 19.9 Å². The Kier molecular flexibility index (Phi) is 30.8. The fourth-order valence-electron chi connectivity index (χ4n) is 3.84. The Bertz CT molecular complexity index is 1070. The Balaban J connectivity index is 0.000000721. The van der Waals surface area contributed by atoms with E-state index in [1.807, 2.05) is 0 Å². The zero-order valence-corrected chi connectivity index (χ0v) is 31.8. The Hall–Kier alpha value is -1.90. The van der Waals surface area contributed by atoms with Gasteiger partial charge in [0, 0.05) is 68.9 Å². The molecule has 0 saturated carbocycles. The number of ether oxygens (including phenoxy) is 3. The molecular formula is C31H57N7O8S3. The lowest BCUT2D eigenvalue weighted by Gasteiger charge is -2.14. The molecule has 18 heteroatoms. The molecular weight excluding hydrogens is 695 g/mol. The summed E-state index contributed by atoms with van der Waals surface area (Å²) in [7, 11) is 3.60. The van der Waals surface area contributed by atoms with Gasteiger partial charge in [-0.05, 0) is 33.6 Å². The highest BCUT2D eigenvalue weighted by Crippen LogP contribution is 2.25. The largest absolute Gasteiger partial charge is 0.379 e. The molecule has 1 aliphatic rings. The van der Waals surface area contributed by atoms with E-state index in [9.17, 15) is 24.0 Å². The van der Waals surface area contributed by atoms with Gasteiger partial charge in [0.25, 0.3) is 0 Å². The van der Waals surface area contributed by atoms with Crippen LogP contribution in [0.2, 0.25) is 0 Å². The molecule has 49 heavy (non-hydrogen) atoms. The lowest BCUT2D eigenvalue weighted by Crippen LogP contribution is -2.32. The van der Waals surface area contributed by atoms with Gasteiger partial charge >= 0.3 is 0 Å². The predicted octanol–water partition coefficient (Wildman–Crippen LogP) is 1.29. The van der Waals surface area contributed by atoms with E-state index in [2.05, 4.69) is 10.3 Å². The molecule has 15 nitrogen and oxygen atoms in total. The number of aromatic nitrogens is 3. The first kappa shape index (κ1) is 47.1. The summed E-state index contributed by atoms with van der Waals surface area (Å²) in [5.41, 5.74) is 16.5. The summed E-state index contributed by atoms with van der Waals surface area (Å²) in [4.78, 5) is 57.4. The second kappa shape index (κ2) is 32.0. The van der Waals surface area contributed by atoms with Crippen LogP contribution in [0.3, 0.4) is 0 Å². The number of ketones is 3. The zero-order chi connectivity index (χ0) is 36.7. The van der Waals surface area contributed by atoms with Crippen molar-refractivity contribution in [1.29, 1.82) is 0 Å². The van der Waals surface area contributed by atoms with Crippen molar-refractivity contribution >= 4 is 62.5 Å². The maximum Gasteiger partial charge on any atom is 0.242 e. The second-order valence-corrected chi connectivity index (χ2v) is 14.8. The SMILES string of the molecule is CC(=O)CCCN1C(=O)CC(SCCOCCN)C1=O.CC(=O)CCCSSCCOCCN.CC(=O)Cc1cn(CCOCCN)nn1. The Labute approximate surface area is 303 Å². The third-order valence-corrected chi connectivity index (χ3v) is 9.71. The molecule has 1 atom stereocenters. The van der Waals surface area contributed by atoms with Crippen molar-refractivity contribution in [3.05, 3.63) is 11.9 Å². The smallest absolute Gasteiger partial charge is 0.242 e. The molecule has 0 radical (unpaired) electrons. The number of hydrogen-bond donors (Lipinski definition) is 3. The molecule has 1 aliphatic heterocycles. The lowest BCUT2D eigenvalue weighted by atomic mass is 10.2. The fraction of sp³-hybridized carbons (Fsp3) is 0.774. The van der Waals surface area contributed by atoms with Gasteiger partial charge in [-0.2, -0.15) is 0 Å². The number of hydrogen-bond acceptors (Lipinski definition) is 16. The molecule has 0 spiro atoms. The van der Waals surface area contributed by atoms with Gasteiger partial charge in [-0.15, -0.1) is 16.9 Å². The quantitative estimate of drug-likeness (QED) is 0.0654. The standard InChI is InChI=1S/C13H22N2O4S.C9H16N4O2.C9H19NO2S2/c1-10(16)3-2-5-15-12(17)9-11(13(15)18)20-8-7-19-6-4-14;1-8(14)6-9-7-13(12-11-9)3-5-15-4-2-10;1-9(11)3-2-7-13-14-8-6-12-5-4-10/h11H,2-9,14H2,1H3;7H,2-6,10H2,1H3;2-8,10H2,1H3. The molecule has 0 aliphatic carbocycles. The summed E-state index contributed by atoms with van der Waals surface area (Å²) in [6.07, 6.45) is 4.98. The van der Waals surface area contributed by atoms with Gasteiger partial charge in [0.2, 0.25) is 11.8 Å². The number of Topliss-reactive ketones (excluding diaryl/α,β-unsaturated/α-hetero) is 3. The van der Waals surface area contributed by atoms with Crippen LogP contribution < -0.4 is 17.2 Å². The Morgan fingerprint density at radius 2 is 1.35 bits per heavy atom. The molecule has 0 aromatic carbocycles. The van der Waals surface area contributed by atoms with Crippen LogP contribution in [-0.2, 0) is 51.1 Å². The molecule has 1 saturated heterocycles. The van der Waals surface area contributed by atoms with E-state index in [1.54, 1.807) is 39.4 Å². The number of carbonyl (C=O) groups is 5. The van der Waals surface area contributed by atoms with Gasteiger partial charge in [0.15, 0.2) is 0 Å². The summed E-state index contributed by atoms with van der Waals surface area (Å²) in [5, 5.41) is 7.43. The fourth-order valence-corrected chi connectivity index (χ4v) is 6.82. The van der Waals surface area contributed by atoms with Crippen LogP contribution in [0.15, 0.2) is 6.20 Å². The number of nitrogens with two attached hydrogens (primary N) is 3. The van der Waals surface area contributed by atoms with Crippen LogP contribution in [-0.4, -0.2) is 137 Å². The van der Waals surface area contributed by atoms with E-state index in [0.717, 1.165) is 24.5 Å². The minimum absolute atomic E-state index is 0.0760. The number of amides is 2. The molecule has 2 amide bonds. The van der Waals surface area contributed by atoms with Crippen molar-refractivity contribution in [2.75, 3.05) is 83.1 Å². The second-order valence-electron chi connectivity index (χ2n) is 10.8.